The Kier molecular flexibility index (Phi) is 8.33. The lowest BCUT2D eigenvalue weighted by Gasteiger charge is -2.26. The molecular weight excluding hydrogens is 430 g/mol. The van der Waals surface area contributed by atoms with Crippen molar-refractivity contribution >= 4 is 23.5 Å². The third-order valence-electron chi connectivity index (χ3n) is 4.72. The van der Waals surface area contributed by atoms with Crippen molar-refractivity contribution in [2.24, 2.45) is 0 Å². The lowest BCUT2D eigenvalue weighted by molar-refractivity contribution is -0.384. The quantitative estimate of drug-likeness (QED) is 0.353. The minimum Gasteiger partial charge on any atom is -0.469 e. The van der Waals surface area contributed by atoms with E-state index < -0.39 is 58.3 Å². The maximum Gasteiger partial charge on any atom is 0.329 e. The predicted molar refractivity (Wildman–Crippen MR) is 106 cm³/mol. The molecule has 0 radical (unpaired) electrons. The van der Waals surface area contributed by atoms with E-state index in [1.54, 1.807) is 0 Å². The number of amides is 1. The molecule has 2 atom stereocenters. The highest BCUT2D eigenvalue weighted by Crippen LogP contribution is 2.27. The second kappa shape index (κ2) is 10.9. The van der Waals surface area contributed by atoms with Gasteiger partial charge in [-0.05, 0) is 17.7 Å². The van der Waals surface area contributed by atoms with E-state index in [9.17, 15) is 33.3 Å². The molecule has 0 bridgehead atoms. The van der Waals surface area contributed by atoms with Crippen LogP contribution in [-0.2, 0) is 30.3 Å². The van der Waals surface area contributed by atoms with Gasteiger partial charge in [0, 0.05) is 23.6 Å². The Morgan fingerprint density at radius 2 is 1.62 bits per heavy atom. The fraction of sp³-hybridized carbons (Fsp3) is 0.286. The van der Waals surface area contributed by atoms with Gasteiger partial charge in [0.25, 0.3) is 5.69 Å². The van der Waals surface area contributed by atoms with Gasteiger partial charge in [-0.1, -0.05) is 18.2 Å². The first-order chi connectivity index (χ1) is 15.2. The maximum atomic E-state index is 13.9. The van der Waals surface area contributed by atoms with Crippen LogP contribution in [0.2, 0.25) is 0 Å². The third kappa shape index (κ3) is 6.06. The molecule has 11 heteroatoms. The number of nitrogens with zero attached hydrogens (tertiary/aromatic N) is 1. The van der Waals surface area contributed by atoms with Crippen molar-refractivity contribution in [1.82, 2.24) is 5.32 Å². The second-order valence-electron chi connectivity index (χ2n) is 6.68. The summed E-state index contributed by atoms with van der Waals surface area (Å²) in [6, 6.07) is 6.66. The molecule has 0 aromatic heterocycles. The molecular formula is C21H20F2N2O7. The molecule has 1 N–H and O–H groups in total. The van der Waals surface area contributed by atoms with Crippen LogP contribution in [0.25, 0.3) is 0 Å². The van der Waals surface area contributed by atoms with Crippen LogP contribution in [0.4, 0.5) is 14.5 Å². The zero-order valence-electron chi connectivity index (χ0n) is 17.2. The lowest BCUT2D eigenvalue weighted by Crippen LogP contribution is -2.47. The molecule has 2 aromatic carbocycles. The van der Waals surface area contributed by atoms with E-state index in [1.807, 2.05) is 0 Å². The highest BCUT2D eigenvalue weighted by molar-refractivity contribution is 5.87. The summed E-state index contributed by atoms with van der Waals surface area (Å²) >= 11 is 0. The van der Waals surface area contributed by atoms with Crippen molar-refractivity contribution in [1.29, 1.82) is 0 Å². The lowest BCUT2D eigenvalue weighted by atomic mass is 9.88. The van der Waals surface area contributed by atoms with Crippen LogP contribution in [0.1, 0.15) is 23.5 Å². The monoisotopic (exact) mass is 450 g/mol. The minimum absolute atomic E-state index is 0.223. The number of carbonyl (C=O) groups excluding carboxylic acids is 3. The van der Waals surface area contributed by atoms with Gasteiger partial charge < -0.3 is 14.8 Å². The largest absolute Gasteiger partial charge is 0.469 e. The van der Waals surface area contributed by atoms with Gasteiger partial charge in [0.15, 0.2) is 0 Å². The molecule has 0 aliphatic heterocycles. The zero-order valence-corrected chi connectivity index (χ0v) is 17.2. The van der Waals surface area contributed by atoms with Crippen molar-refractivity contribution in [2.45, 2.75) is 24.8 Å². The number of nitrogens with one attached hydrogen (secondary N) is 1. The maximum absolute atomic E-state index is 13.9. The van der Waals surface area contributed by atoms with E-state index in [0.29, 0.717) is 5.56 Å². The van der Waals surface area contributed by atoms with E-state index in [-0.39, 0.29) is 12.1 Å². The van der Waals surface area contributed by atoms with Gasteiger partial charge in [-0.2, -0.15) is 0 Å². The van der Waals surface area contributed by atoms with Gasteiger partial charge in [0.1, 0.15) is 17.7 Å². The highest BCUT2D eigenvalue weighted by Gasteiger charge is 2.34. The second-order valence-corrected chi connectivity index (χ2v) is 6.68. The Labute approximate surface area is 181 Å². The van der Waals surface area contributed by atoms with E-state index in [4.69, 9.17) is 4.74 Å². The Bertz CT molecular complexity index is 991. The average Bonchev–Trinajstić information content (AvgIpc) is 2.78. The number of esters is 2. The topological polar surface area (TPSA) is 125 Å². The van der Waals surface area contributed by atoms with Gasteiger partial charge in [-0.3, -0.25) is 19.7 Å². The number of rotatable bonds is 9. The molecule has 0 spiro atoms. The Morgan fingerprint density at radius 3 is 2.12 bits per heavy atom. The molecule has 9 nitrogen and oxygen atoms in total. The third-order valence-corrected chi connectivity index (χ3v) is 4.72. The number of benzene rings is 2. The predicted octanol–water partition coefficient (Wildman–Crippen LogP) is 2.42. The molecule has 0 aliphatic rings. The van der Waals surface area contributed by atoms with E-state index >= 15 is 0 Å². The van der Waals surface area contributed by atoms with Gasteiger partial charge in [0.2, 0.25) is 5.91 Å². The molecule has 2 aromatic rings. The summed E-state index contributed by atoms with van der Waals surface area (Å²) in [5.74, 6) is -5.46. The normalized spacial score (nSPS) is 12.4. The minimum atomic E-state index is -1.44. The van der Waals surface area contributed by atoms with Gasteiger partial charge in [-0.15, -0.1) is 0 Å². The number of nitro benzene ring substituents is 1. The summed E-state index contributed by atoms with van der Waals surface area (Å²) in [6.45, 7) is 0. The van der Waals surface area contributed by atoms with Crippen LogP contribution >= 0.6 is 0 Å². The number of hydrogen-bond acceptors (Lipinski definition) is 7. The number of hydrogen-bond donors (Lipinski definition) is 1. The van der Waals surface area contributed by atoms with Crippen LogP contribution < -0.4 is 5.32 Å². The first-order valence-electron chi connectivity index (χ1n) is 9.29. The molecule has 0 aliphatic carbocycles. The Morgan fingerprint density at radius 1 is 1.03 bits per heavy atom. The molecule has 32 heavy (non-hydrogen) atoms. The summed E-state index contributed by atoms with van der Waals surface area (Å²) in [6.07, 6.45) is -1.10. The van der Waals surface area contributed by atoms with Crippen molar-refractivity contribution in [3.63, 3.8) is 0 Å². The molecule has 2 rings (SSSR count). The molecule has 0 unspecified atom stereocenters. The van der Waals surface area contributed by atoms with Crippen LogP contribution in [0.5, 0.6) is 0 Å². The van der Waals surface area contributed by atoms with Crippen LogP contribution in [0, 0.1) is 21.7 Å². The Hall–Kier alpha value is -3.89. The smallest absolute Gasteiger partial charge is 0.329 e. The summed E-state index contributed by atoms with van der Waals surface area (Å²) in [7, 11) is 2.19. The first-order valence-corrected chi connectivity index (χ1v) is 9.29. The summed E-state index contributed by atoms with van der Waals surface area (Å²) in [5, 5.41) is 13.3. The molecule has 0 fully saturated rings. The number of carbonyl (C=O) groups is 3. The van der Waals surface area contributed by atoms with Crippen molar-refractivity contribution in [3.05, 3.63) is 75.3 Å². The van der Waals surface area contributed by atoms with E-state index in [0.717, 1.165) is 32.4 Å². The van der Waals surface area contributed by atoms with Crippen LogP contribution in [0.3, 0.4) is 0 Å². The standard InChI is InChI=1S/C21H20F2N2O7/c1-31-19(27)11-14(12-6-8-13(9-7-12)25(29)30)20(21(28)32-2)24-18(26)10-15-16(22)4-3-5-17(15)23/h3-9,14,20H,10-11H2,1-2H3,(H,24,26)/t14-,20+/m0/s1. The Balaban J connectivity index is 2.37. The van der Waals surface area contributed by atoms with E-state index in [1.165, 1.54) is 24.3 Å². The first kappa shape index (κ1) is 24.4. The van der Waals surface area contributed by atoms with Crippen LogP contribution in [-0.4, -0.2) is 43.0 Å². The molecule has 0 saturated carbocycles. The number of halogens is 2. The number of methoxy groups -OCH3 is 2. The summed E-state index contributed by atoms with van der Waals surface area (Å²) in [4.78, 5) is 47.2. The average molecular weight is 450 g/mol. The van der Waals surface area contributed by atoms with Crippen molar-refractivity contribution < 1.29 is 37.6 Å². The number of non-ortho nitro benzene ring substituents is 1. The molecule has 0 heterocycles. The van der Waals surface area contributed by atoms with Gasteiger partial charge in [0.05, 0.1) is 32.0 Å². The number of ether oxygens (including phenoxy) is 2. The molecule has 0 saturated heterocycles. The van der Waals surface area contributed by atoms with Crippen molar-refractivity contribution in [2.75, 3.05) is 14.2 Å². The molecule has 1 amide bonds. The number of nitro groups is 1. The van der Waals surface area contributed by atoms with Crippen molar-refractivity contribution in [3.8, 4) is 0 Å². The van der Waals surface area contributed by atoms with Crippen LogP contribution in [0.15, 0.2) is 42.5 Å². The fourth-order valence-corrected chi connectivity index (χ4v) is 3.07. The molecule has 170 valence electrons. The summed E-state index contributed by atoms with van der Waals surface area (Å²) < 4.78 is 37.2. The zero-order chi connectivity index (χ0) is 23.8. The van der Waals surface area contributed by atoms with E-state index in [2.05, 4.69) is 10.1 Å². The summed E-state index contributed by atoms with van der Waals surface area (Å²) in [5.41, 5.74) is -0.415. The highest BCUT2D eigenvalue weighted by atomic mass is 19.1. The SMILES string of the molecule is COC(=O)C[C@@H](c1ccc([N+](=O)[O-])cc1)[C@@H](NC(=O)Cc1c(F)cccc1F)C(=O)OC. The van der Waals surface area contributed by atoms with Gasteiger partial charge in [-0.25, -0.2) is 13.6 Å². The van der Waals surface area contributed by atoms with Gasteiger partial charge >= 0.3 is 11.9 Å². The fourth-order valence-electron chi connectivity index (χ4n) is 3.07.